The van der Waals surface area contributed by atoms with Crippen LogP contribution >= 0.6 is 0 Å². The molecule has 3 N–H and O–H groups in total. The first-order chi connectivity index (χ1) is 10.2. The molecule has 0 bridgehead atoms. The van der Waals surface area contributed by atoms with Crippen LogP contribution in [0.1, 0.15) is 26.0 Å². The summed E-state index contributed by atoms with van der Waals surface area (Å²) in [7, 11) is 0. The molecule has 4 rings (SSSR count). The minimum absolute atomic E-state index is 0.526. The Morgan fingerprint density at radius 2 is 2.33 bits per heavy atom. The molecule has 1 saturated carbocycles. The lowest BCUT2D eigenvalue weighted by atomic mass is 10.2. The Kier molecular flexibility index (Phi) is 3.92. The highest BCUT2D eigenvalue weighted by molar-refractivity contribution is 5.79. The fourth-order valence-corrected chi connectivity index (χ4v) is 3.27. The Hall–Kier alpha value is -1.88. The number of H-pyrrole nitrogens is 1. The van der Waals surface area contributed by atoms with Gasteiger partial charge in [-0.2, -0.15) is 0 Å². The summed E-state index contributed by atoms with van der Waals surface area (Å²) in [4.78, 5) is 17.2. The van der Waals surface area contributed by atoms with Crippen LogP contribution in [0.15, 0.2) is 24.5 Å². The molecular weight excluding hydrogens is 264 g/mol. The number of carbonyl (C=O) groups is 1. The van der Waals surface area contributed by atoms with E-state index in [4.69, 9.17) is 0 Å². The lowest BCUT2D eigenvalue weighted by molar-refractivity contribution is -0.109. The van der Waals surface area contributed by atoms with Crippen LogP contribution < -0.4 is 10.6 Å². The summed E-state index contributed by atoms with van der Waals surface area (Å²) < 4.78 is 0. The van der Waals surface area contributed by atoms with Crippen molar-refractivity contribution >= 4 is 17.3 Å². The molecule has 2 aromatic heterocycles. The maximum absolute atomic E-state index is 10.1. The second kappa shape index (κ2) is 5.85. The fourth-order valence-electron chi connectivity index (χ4n) is 3.27. The number of rotatable bonds is 3. The van der Waals surface area contributed by atoms with Crippen molar-refractivity contribution in [3.63, 3.8) is 0 Å². The lowest BCUT2D eigenvalue weighted by Gasteiger charge is -2.05. The van der Waals surface area contributed by atoms with E-state index in [1.807, 2.05) is 12.1 Å². The van der Waals surface area contributed by atoms with Crippen molar-refractivity contribution in [3.8, 4) is 0 Å². The zero-order chi connectivity index (χ0) is 14.8. The van der Waals surface area contributed by atoms with Gasteiger partial charge in [-0.05, 0) is 37.3 Å². The predicted octanol–water partition coefficient (Wildman–Crippen LogP) is 1.81. The van der Waals surface area contributed by atoms with Crippen LogP contribution in [0.3, 0.4) is 0 Å². The Morgan fingerprint density at radius 3 is 2.95 bits per heavy atom. The van der Waals surface area contributed by atoms with Crippen LogP contribution in [0.4, 0.5) is 0 Å². The summed E-state index contributed by atoms with van der Waals surface area (Å²) in [5, 5.41) is 7.19. The van der Waals surface area contributed by atoms with E-state index in [0.717, 1.165) is 40.5 Å². The number of pyridine rings is 1. The molecule has 0 spiro atoms. The third-order valence-corrected chi connectivity index (χ3v) is 4.52. The number of piperidine rings is 1. The summed E-state index contributed by atoms with van der Waals surface area (Å²) in [6, 6.07) is 5.59. The molecule has 4 atom stereocenters. The minimum Gasteiger partial charge on any atom is -0.357 e. The predicted molar refractivity (Wildman–Crippen MR) is 82.7 cm³/mol. The van der Waals surface area contributed by atoms with Crippen LogP contribution in [0, 0.1) is 11.8 Å². The number of hydrogen-bond donors (Lipinski definition) is 3. The van der Waals surface area contributed by atoms with E-state index in [1.165, 1.54) is 6.42 Å². The summed E-state index contributed by atoms with van der Waals surface area (Å²) in [6.45, 7) is 5.14. The molecule has 2 aromatic rings. The number of carbonyl (C=O) groups excluding carboxylic acids is 1. The van der Waals surface area contributed by atoms with Gasteiger partial charge in [-0.25, -0.2) is 0 Å². The molecule has 5 nitrogen and oxygen atoms in total. The number of hydrogen-bond acceptors (Lipinski definition) is 3. The van der Waals surface area contributed by atoms with Gasteiger partial charge in [-0.1, -0.05) is 6.92 Å². The Labute approximate surface area is 124 Å². The van der Waals surface area contributed by atoms with E-state index >= 15 is 0 Å². The summed E-state index contributed by atoms with van der Waals surface area (Å²) in [6.07, 6.45) is 5.63. The first kappa shape index (κ1) is 14.1. The van der Waals surface area contributed by atoms with Crippen LogP contribution in [-0.2, 0) is 11.3 Å². The molecule has 1 aliphatic carbocycles. The molecule has 5 heteroatoms. The molecule has 2 fully saturated rings. The number of fused-ring (bicyclic) bond motifs is 2. The number of aromatic nitrogens is 2. The van der Waals surface area contributed by atoms with Gasteiger partial charge in [-0.3, -0.25) is 9.78 Å². The highest BCUT2D eigenvalue weighted by Gasteiger charge is 2.51. The lowest BCUT2D eigenvalue weighted by Crippen LogP contribution is -2.23. The van der Waals surface area contributed by atoms with Gasteiger partial charge >= 0.3 is 0 Å². The zero-order valence-electron chi connectivity index (χ0n) is 12.5. The Bertz CT molecular complexity index is 579. The van der Waals surface area contributed by atoms with Gasteiger partial charge in [0.15, 0.2) is 0 Å². The van der Waals surface area contributed by atoms with E-state index in [9.17, 15) is 4.79 Å². The minimum atomic E-state index is 0.526. The SMILES string of the molecule is CC1CC2C(C)C2N1.O=CNCc1cc2cnccc2[nH]1. The summed E-state index contributed by atoms with van der Waals surface area (Å²) in [5.41, 5.74) is 2.02. The fraction of sp³-hybridized carbons (Fsp3) is 0.500. The molecule has 1 amide bonds. The van der Waals surface area contributed by atoms with Crippen molar-refractivity contribution in [3.05, 3.63) is 30.2 Å². The van der Waals surface area contributed by atoms with Crippen molar-refractivity contribution in [1.82, 2.24) is 20.6 Å². The first-order valence-corrected chi connectivity index (χ1v) is 7.53. The molecule has 112 valence electrons. The van der Waals surface area contributed by atoms with Gasteiger partial charge in [0.25, 0.3) is 0 Å². The summed E-state index contributed by atoms with van der Waals surface area (Å²) >= 11 is 0. The maximum atomic E-state index is 10.1. The molecule has 21 heavy (non-hydrogen) atoms. The average molecular weight is 286 g/mol. The maximum Gasteiger partial charge on any atom is 0.207 e. The van der Waals surface area contributed by atoms with Crippen molar-refractivity contribution in [2.45, 2.75) is 38.9 Å². The normalized spacial score (nSPS) is 29.4. The molecule has 3 heterocycles. The molecule has 1 saturated heterocycles. The highest BCUT2D eigenvalue weighted by atomic mass is 16.1. The van der Waals surface area contributed by atoms with Crippen LogP contribution in [0.2, 0.25) is 0 Å². The van der Waals surface area contributed by atoms with Gasteiger partial charge in [0, 0.05) is 41.1 Å². The third-order valence-electron chi connectivity index (χ3n) is 4.52. The third kappa shape index (κ3) is 3.08. The van der Waals surface area contributed by atoms with Gasteiger partial charge in [-0.15, -0.1) is 0 Å². The number of amides is 1. The van der Waals surface area contributed by atoms with Crippen molar-refractivity contribution in [2.24, 2.45) is 11.8 Å². The Morgan fingerprint density at radius 1 is 1.48 bits per heavy atom. The number of nitrogens with one attached hydrogen (secondary N) is 3. The largest absolute Gasteiger partial charge is 0.357 e. The van der Waals surface area contributed by atoms with Crippen molar-refractivity contribution < 1.29 is 4.79 Å². The van der Waals surface area contributed by atoms with E-state index in [0.29, 0.717) is 13.0 Å². The topological polar surface area (TPSA) is 69.8 Å². The molecule has 2 aliphatic rings. The van der Waals surface area contributed by atoms with E-state index in [1.54, 1.807) is 12.4 Å². The Balaban J connectivity index is 0.000000140. The van der Waals surface area contributed by atoms with Crippen molar-refractivity contribution in [2.75, 3.05) is 0 Å². The average Bonchev–Trinajstić information content (AvgIpc) is 2.89. The van der Waals surface area contributed by atoms with Gasteiger partial charge in [0.05, 0.1) is 6.54 Å². The van der Waals surface area contributed by atoms with E-state index in [2.05, 4.69) is 34.4 Å². The van der Waals surface area contributed by atoms with Gasteiger partial charge in [0.1, 0.15) is 0 Å². The smallest absolute Gasteiger partial charge is 0.207 e. The van der Waals surface area contributed by atoms with Crippen LogP contribution in [0.5, 0.6) is 0 Å². The van der Waals surface area contributed by atoms with Crippen molar-refractivity contribution in [1.29, 1.82) is 0 Å². The van der Waals surface area contributed by atoms with Crippen LogP contribution in [0.25, 0.3) is 10.9 Å². The zero-order valence-corrected chi connectivity index (χ0v) is 12.5. The van der Waals surface area contributed by atoms with Crippen LogP contribution in [-0.4, -0.2) is 28.5 Å². The van der Waals surface area contributed by atoms with E-state index in [-0.39, 0.29) is 0 Å². The molecule has 4 unspecified atom stereocenters. The second-order valence-electron chi connectivity index (χ2n) is 6.11. The number of nitrogens with zero attached hydrogens (tertiary/aromatic N) is 1. The molecule has 1 aliphatic heterocycles. The molecular formula is C16H22N4O. The van der Waals surface area contributed by atoms with Gasteiger partial charge < -0.3 is 15.6 Å². The number of aromatic amines is 1. The monoisotopic (exact) mass is 286 g/mol. The second-order valence-corrected chi connectivity index (χ2v) is 6.11. The van der Waals surface area contributed by atoms with Gasteiger partial charge in [0.2, 0.25) is 6.41 Å². The molecule has 0 aromatic carbocycles. The standard InChI is InChI=1S/C9H9N3O.C7H13N/c13-6-11-5-8-3-7-4-10-2-1-9(7)12-8;1-4-3-6-5(2)7(6)8-4/h1-4,6,12H,5H2,(H,11,13);4-8H,3H2,1-2H3. The molecule has 0 radical (unpaired) electrons. The first-order valence-electron chi connectivity index (χ1n) is 7.53. The highest BCUT2D eigenvalue weighted by Crippen LogP contribution is 2.46. The van der Waals surface area contributed by atoms with E-state index < -0.39 is 0 Å². The quantitative estimate of drug-likeness (QED) is 0.754. The summed E-state index contributed by atoms with van der Waals surface area (Å²) in [5.74, 6) is 2.04.